The lowest BCUT2D eigenvalue weighted by Crippen LogP contribution is -2.47. The third-order valence-electron chi connectivity index (χ3n) is 5.30. The highest BCUT2D eigenvalue weighted by molar-refractivity contribution is 5.99. The van der Waals surface area contributed by atoms with E-state index in [1.54, 1.807) is 56.1 Å². The van der Waals surface area contributed by atoms with Crippen LogP contribution in [0.3, 0.4) is 0 Å². The molecule has 1 aromatic carbocycles. The molecule has 0 bridgehead atoms. The van der Waals surface area contributed by atoms with E-state index in [1.165, 1.54) is 0 Å². The van der Waals surface area contributed by atoms with Crippen molar-refractivity contribution in [2.24, 2.45) is 7.05 Å². The summed E-state index contributed by atoms with van der Waals surface area (Å²) in [6, 6.07) is 4.33. The molecule has 178 valence electrons. The molecule has 2 aromatic rings. The number of anilines is 1. The molecule has 0 spiro atoms. The minimum Gasteiger partial charge on any atom is -0.444 e. The van der Waals surface area contributed by atoms with Crippen LogP contribution in [0.25, 0.3) is 0 Å². The van der Waals surface area contributed by atoms with Crippen LogP contribution in [-0.4, -0.2) is 57.1 Å². The number of imidazole rings is 1. The van der Waals surface area contributed by atoms with Gasteiger partial charge in [0.2, 0.25) is 5.91 Å². The van der Waals surface area contributed by atoms with Crippen LogP contribution in [0.4, 0.5) is 10.5 Å². The monoisotopic (exact) mass is 455 g/mol. The summed E-state index contributed by atoms with van der Waals surface area (Å²) in [6.07, 6.45) is 5.01. The molecule has 1 fully saturated rings. The maximum atomic E-state index is 13.1. The quantitative estimate of drug-likeness (QED) is 0.697. The third-order valence-corrected chi connectivity index (χ3v) is 5.30. The van der Waals surface area contributed by atoms with Crippen LogP contribution >= 0.6 is 0 Å². The van der Waals surface area contributed by atoms with Gasteiger partial charge >= 0.3 is 6.09 Å². The summed E-state index contributed by atoms with van der Waals surface area (Å²) < 4.78 is 7.10. The van der Waals surface area contributed by atoms with Gasteiger partial charge in [-0.05, 0) is 64.3 Å². The van der Waals surface area contributed by atoms with Crippen LogP contribution in [0.5, 0.6) is 0 Å². The first-order valence-corrected chi connectivity index (χ1v) is 11.2. The van der Waals surface area contributed by atoms with Crippen molar-refractivity contribution in [2.75, 3.05) is 18.4 Å². The van der Waals surface area contributed by atoms with Gasteiger partial charge in [-0.25, -0.2) is 9.78 Å². The Labute approximate surface area is 194 Å². The normalized spacial score (nSPS) is 14.6. The molecule has 0 radical (unpaired) electrons. The van der Waals surface area contributed by atoms with Crippen molar-refractivity contribution in [1.82, 2.24) is 19.8 Å². The number of nitrogens with one attached hydrogen (secondary N) is 2. The van der Waals surface area contributed by atoms with E-state index in [2.05, 4.69) is 15.6 Å². The lowest BCUT2D eigenvalue weighted by atomic mass is 10.1. The van der Waals surface area contributed by atoms with Gasteiger partial charge in [0.25, 0.3) is 5.91 Å². The Balaban J connectivity index is 1.72. The Hall–Kier alpha value is -3.36. The number of nitrogens with zero attached hydrogens (tertiary/aromatic N) is 3. The van der Waals surface area contributed by atoms with Crippen molar-refractivity contribution in [2.45, 2.75) is 58.6 Å². The summed E-state index contributed by atoms with van der Waals surface area (Å²) >= 11 is 0. The smallest absolute Gasteiger partial charge is 0.408 e. The molecule has 2 heterocycles. The molecule has 3 rings (SSSR count). The molecule has 2 N–H and O–H groups in total. The van der Waals surface area contributed by atoms with E-state index < -0.39 is 23.6 Å². The summed E-state index contributed by atoms with van der Waals surface area (Å²) in [4.78, 5) is 44.2. The molecule has 0 aliphatic carbocycles. The summed E-state index contributed by atoms with van der Waals surface area (Å²) in [6.45, 7) is 8.68. The minimum absolute atomic E-state index is 0.0162. The number of benzene rings is 1. The van der Waals surface area contributed by atoms with Gasteiger partial charge in [0.1, 0.15) is 11.6 Å². The predicted molar refractivity (Wildman–Crippen MR) is 125 cm³/mol. The van der Waals surface area contributed by atoms with Gasteiger partial charge in [0.15, 0.2) is 0 Å². The average Bonchev–Trinajstić information content (AvgIpc) is 3.37. The fourth-order valence-electron chi connectivity index (χ4n) is 3.74. The van der Waals surface area contributed by atoms with E-state index in [0.717, 1.165) is 31.5 Å². The maximum absolute atomic E-state index is 13.1. The second-order valence-corrected chi connectivity index (χ2v) is 9.45. The number of ether oxygens (including phenoxy) is 1. The standard InChI is InChI=1S/C24H33N5O4/c1-16-12-17(8-9-19(16)22(31)29-10-6-7-11-29)26-21(30)20(13-18-14-28(5)15-25-18)27-23(32)33-24(2,3)4/h8-9,12,14-15,20H,6-7,10-11,13H2,1-5H3,(H,26,30)(H,27,32)/t20-/m1/s1. The zero-order valence-corrected chi connectivity index (χ0v) is 20.0. The van der Waals surface area contributed by atoms with Crippen molar-refractivity contribution >= 4 is 23.6 Å². The van der Waals surface area contributed by atoms with E-state index >= 15 is 0 Å². The average molecular weight is 456 g/mol. The van der Waals surface area contributed by atoms with E-state index in [9.17, 15) is 14.4 Å². The predicted octanol–water partition coefficient (Wildman–Crippen LogP) is 3.04. The van der Waals surface area contributed by atoms with Crippen LogP contribution in [-0.2, 0) is 23.0 Å². The molecule has 3 amide bonds. The molecule has 1 aliphatic rings. The number of aryl methyl sites for hydroxylation is 2. The molecule has 1 atom stereocenters. The fraction of sp³-hybridized carbons (Fsp3) is 0.500. The summed E-state index contributed by atoms with van der Waals surface area (Å²) in [5.41, 5.74) is 1.94. The topological polar surface area (TPSA) is 106 Å². The highest BCUT2D eigenvalue weighted by Crippen LogP contribution is 2.20. The van der Waals surface area contributed by atoms with Gasteiger partial charge in [0.05, 0.1) is 12.0 Å². The summed E-state index contributed by atoms with van der Waals surface area (Å²) in [7, 11) is 1.83. The van der Waals surface area contributed by atoms with Crippen LogP contribution in [0.15, 0.2) is 30.7 Å². The van der Waals surface area contributed by atoms with E-state index in [4.69, 9.17) is 4.74 Å². The number of carbonyl (C=O) groups is 3. The second-order valence-electron chi connectivity index (χ2n) is 9.45. The number of hydrogen-bond acceptors (Lipinski definition) is 5. The van der Waals surface area contributed by atoms with Crippen molar-refractivity contribution in [3.63, 3.8) is 0 Å². The Bertz CT molecular complexity index is 1020. The number of carbonyl (C=O) groups excluding carboxylic acids is 3. The lowest BCUT2D eigenvalue weighted by Gasteiger charge is -2.23. The van der Waals surface area contributed by atoms with Crippen LogP contribution in [0, 0.1) is 6.92 Å². The third kappa shape index (κ3) is 6.81. The van der Waals surface area contributed by atoms with Crippen molar-refractivity contribution in [1.29, 1.82) is 0 Å². The van der Waals surface area contributed by atoms with Gasteiger partial charge in [-0.15, -0.1) is 0 Å². The largest absolute Gasteiger partial charge is 0.444 e. The Morgan fingerprint density at radius 1 is 1.18 bits per heavy atom. The molecule has 33 heavy (non-hydrogen) atoms. The molecular weight excluding hydrogens is 422 g/mol. The van der Waals surface area contributed by atoms with Crippen molar-refractivity contribution in [3.8, 4) is 0 Å². The molecule has 1 aromatic heterocycles. The van der Waals surface area contributed by atoms with Gasteiger partial charge < -0.3 is 24.8 Å². The molecule has 1 saturated heterocycles. The van der Waals surface area contributed by atoms with Gasteiger partial charge in [-0.1, -0.05) is 0 Å². The van der Waals surface area contributed by atoms with Crippen LogP contribution < -0.4 is 10.6 Å². The number of rotatable bonds is 6. The summed E-state index contributed by atoms with van der Waals surface area (Å²) in [5.74, 6) is -0.382. The lowest BCUT2D eigenvalue weighted by molar-refractivity contribution is -0.118. The van der Waals surface area contributed by atoms with E-state index in [1.807, 2.05) is 18.9 Å². The number of alkyl carbamates (subject to hydrolysis) is 1. The minimum atomic E-state index is -0.888. The zero-order valence-electron chi connectivity index (χ0n) is 20.0. The Morgan fingerprint density at radius 2 is 1.88 bits per heavy atom. The molecule has 0 saturated carbocycles. The van der Waals surface area contributed by atoms with E-state index in [-0.39, 0.29) is 12.3 Å². The Kier molecular flexibility index (Phi) is 7.40. The molecule has 9 heteroatoms. The fourth-order valence-corrected chi connectivity index (χ4v) is 3.74. The first kappa shape index (κ1) is 24.3. The van der Waals surface area contributed by atoms with Gasteiger partial charge in [-0.3, -0.25) is 9.59 Å². The molecule has 1 aliphatic heterocycles. The zero-order chi connectivity index (χ0) is 24.2. The van der Waals surface area contributed by atoms with Crippen LogP contribution in [0.2, 0.25) is 0 Å². The Morgan fingerprint density at radius 3 is 2.45 bits per heavy atom. The molecule has 0 unspecified atom stereocenters. The highest BCUT2D eigenvalue weighted by Gasteiger charge is 2.26. The second kappa shape index (κ2) is 10.1. The van der Waals surface area contributed by atoms with Gasteiger partial charge in [0, 0.05) is 44.0 Å². The van der Waals surface area contributed by atoms with Crippen molar-refractivity contribution in [3.05, 3.63) is 47.5 Å². The number of aromatic nitrogens is 2. The SMILES string of the molecule is Cc1cc(NC(=O)[C@@H](Cc2cn(C)cn2)NC(=O)OC(C)(C)C)ccc1C(=O)N1CCCC1. The summed E-state index contributed by atoms with van der Waals surface area (Å²) in [5, 5.41) is 5.49. The number of likely N-dealkylation sites (tertiary alicyclic amines) is 1. The molecular formula is C24H33N5O4. The van der Waals surface area contributed by atoms with Gasteiger partial charge in [-0.2, -0.15) is 0 Å². The molecule has 9 nitrogen and oxygen atoms in total. The van der Waals surface area contributed by atoms with Crippen LogP contribution in [0.1, 0.15) is 55.2 Å². The van der Waals surface area contributed by atoms with Crippen molar-refractivity contribution < 1.29 is 19.1 Å². The first-order valence-electron chi connectivity index (χ1n) is 11.2. The highest BCUT2D eigenvalue weighted by atomic mass is 16.6. The maximum Gasteiger partial charge on any atom is 0.408 e. The van der Waals surface area contributed by atoms with E-state index in [0.29, 0.717) is 16.9 Å². The first-order chi connectivity index (χ1) is 15.5. The number of amides is 3. The number of hydrogen-bond donors (Lipinski definition) is 2.